The third kappa shape index (κ3) is 6.46. The molecule has 0 fully saturated rings. The van der Waals surface area contributed by atoms with Crippen LogP contribution in [0, 0.1) is 0 Å². The highest BCUT2D eigenvalue weighted by Gasteiger charge is 2.11. The lowest BCUT2D eigenvalue weighted by atomic mass is 10.5. The Balaban J connectivity index is 2.16. The van der Waals surface area contributed by atoms with Gasteiger partial charge in [-0.2, -0.15) is 0 Å². The summed E-state index contributed by atoms with van der Waals surface area (Å²) in [6.07, 6.45) is 0. The zero-order valence-corrected chi connectivity index (χ0v) is 12.4. The van der Waals surface area contributed by atoms with Gasteiger partial charge in [0.15, 0.2) is 0 Å². The van der Waals surface area contributed by atoms with E-state index < -0.39 is 0 Å². The van der Waals surface area contributed by atoms with Crippen molar-refractivity contribution in [2.75, 3.05) is 52.3 Å². The summed E-state index contributed by atoms with van der Waals surface area (Å²) in [6.45, 7) is 5.23. The molecule has 0 aliphatic heterocycles. The Morgan fingerprint density at radius 3 is 2.84 bits per heavy atom. The van der Waals surface area contributed by atoms with E-state index in [2.05, 4.69) is 20.8 Å². The standard InChI is InChI=1S/C11H21N5O2S/c1-4-12-11-15-14-10(19-11)9(17)13-5-7-18-8-6-16(2)3/h4-8H2,1-3H3,(H,12,15)(H,13,17). The van der Waals surface area contributed by atoms with Crippen molar-refractivity contribution in [1.82, 2.24) is 20.4 Å². The molecule has 0 aliphatic carbocycles. The Bertz CT molecular complexity index is 383. The molecule has 0 atom stereocenters. The lowest BCUT2D eigenvalue weighted by Crippen LogP contribution is -2.28. The van der Waals surface area contributed by atoms with Crippen molar-refractivity contribution in [1.29, 1.82) is 0 Å². The minimum absolute atomic E-state index is 0.210. The van der Waals surface area contributed by atoms with Crippen LogP contribution in [-0.4, -0.2) is 67.9 Å². The summed E-state index contributed by atoms with van der Waals surface area (Å²) >= 11 is 1.24. The molecule has 1 rings (SSSR count). The van der Waals surface area contributed by atoms with Crippen molar-refractivity contribution in [3.63, 3.8) is 0 Å². The molecule has 1 aromatic rings. The van der Waals surface area contributed by atoms with Crippen molar-refractivity contribution in [3.05, 3.63) is 5.01 Å². The second-order valence-electron chi connectivity index (χ2n) is 4.11. The molecule has 108 valence electrons. The van der Waals surface area contributed by atoms with E-state index in [-0.39, 0.29) is 5.91 Å². The highest BCUT2D eigenvalue weighted by atomic mass is 32.1. The normalized spacial score (nSPS) is 10.7. The Labute approximate surface area is 117 Å². The Hall–Kier alpha value is -1.25. The van der Waals surface area contributed by atoms with E-state index >= 15 is 0 Å². The molecule has 1 heterocycles. The maximum absolute atomic E-state index is 11.7. The van der Waals surface area contributed by atoms with Crippen molar-refractivity contribution < 1.29 is 9.53 Å². The molecule has 0 radical (unpaired) electrons. The monoisotopic (exact) mass is 287 g/mol. The fourth-order valence-corrected chi connectivity index (χ4v) is 1.93. The van der Waals surface area contributed by atoms with Gasteiger partial charge in [-0.3, -0.25) is 4.79 Å². The SMILES string of the molecule is CCNc1nnc(C(=O)NCCOCCN(C)C)s1. The molecule has 0 saturated carbocycles. The van der Waals surface area contributed by atoms with E-state index in [0.29, 0.717) is 29.9 Å². The van der Waals surface area contributed by atoms with Crippen molar-refractivity contribution in [2.45, 2.75) is 6.92 Å². The number of rotatable bonds is 9. The van der Waals surface area contributed by atoms with Crippen LogP contribution in [0.15, 0.2) is 0 Å². The number of amides is 1. The number of anilines is 1. The first-order valence-electron chi connectivity index (χ1n) is 6.21. The van der Waals surface area contributed by atoms with Gasteiger partial charge in [-0.05, 0) is 21.0 Å². The van der Waals surface area contributed by atoms with Gasteiger partial charge in [0.2, 0.25) is 10.1 Å². The molecular formula is C11H21N5O2S. The van der Waals surface area contributed by atoms with Crippen LogP contribution in [0.5, 0.6) is 0 Å². The van der Waals surface area contributed by atoms with Gasteiger partial charge in [0.05, 0.1) is 13.2 Å². The molecular weight excluding hydrogens is 266 g/mol. The summed E-state index contributed by atoms with van der Waals surface area (Å²) in [5.41, 5.74) is 0. The maximum atomic E-state index is 11.7. The smallest absolute Gasteiger partial charge is 0.282 e. The number of nitrogens with zero attached hydrogens (tertiary/aromatic N) is 3. The van der Waals surface area contributed by atoms with Crippen LogP contribution < -0.4 is 10.6 Å². The lowest BCUT2D eigenvalue weighted by Gasteiger charge is -2.09. The average Bonchev–Trinajstić information content (AvgIpc) is 2.82. The van der Waals surface area contributed by atoms with E-state index in [0.717, 1.165) is 13.1 Å². The van der Waals surface area contributed by atoms with Crippen molar-refractivity contribution in [2.24, 2.45) is 0 Å². The van der Waals surface area contributed by atoms with Gasteiger partial charge in [0.25, 0.3) is 5.91 Å². The quantitative estimate of drug-likeness (QED) is 0.635. The first-order chi connectivity index (χ1) is 9.13. The number of nitrogens with one attached hydrogen (secondary N) is 2. The maximum Gasteiger partial charge on any atom is 0.282 e. The summed E-state index contributed by atoms with van der Waals surface area (Å²) in [5.74, 6) is -0.210. The number of carbonyl (C=O) groups excluding carboxylic acids is 1. The molecule has 19 heavy (non-hydrogen) atoms. The van der Waals surface area contributed by atoms with Crippen LogP contribution in [0.3, 0.4) is 0 Å². The van der Waals surface area contributed by atoms with E-state index in [4.69, 9.17) is 4.74 Å². The van der Waals surface area contributed by atoms with Gasteiger partial charge < -0.3 is 20.3 Å². The Morgan fingerprint density at radius 1 is 1.37 bits per heavy atom. The van der Waals surface area contributed by atoms with E-state index in [1.54, 1.807) is 0 Å². The Kier molecular flexibility index (Phi) is 7.31. The predicted molar refractivity (Wildman–Crippen MR) is 75.8 cm³/mol. The topological polar surface area (TPSA) is 79.4 Å². The van der Waals surface area contributed by atoms with Gasteiger partial charge in [-0.1, -0.05) is 11.3 Å². The van der Waals surface area contributed by atoms with Gasteiger partial charge in [-0.25, -0.2) is 0 Å². The highest BCUT2D eigenvalue weighted by molar-refractivity contribution is 7.17. The molecule has 1 aromatic heterocycles. The largest absolute Gasteiger partial charge is 0.378 e. The van der Waals surface area contributed by atoms with Crippen LogP contribution in [0.2, 0.25) is 0 Å². The van der Waals surface area contributed by atoms with Gasteiger partial charge in [-0.15, -0.1) is 10.2 Å². The van der Waals surface area contributed by atoms with Crippen LogP contribution in [0.25, 0.3) is 0 Å². The van der Waals surface area contributed by atoms with Crippen LogP contribution in [0.1, 0.15) is 16.7 Å². The molecule has 0 bridgehead atoms. The molecule has 2 N–H and O–H groups in total. The van der Waals surface area contributed by atoms with Gasteiger partial charge in [0.1, 0.15) is 0 Å². The number of ether oxygens (including phenoxy) is 1. The third-order valence-corrected chi connectivity index (χ3v) is 3.04. The Morgan fingerprint density at radius 2 is 2.16 bits per heavy atom. The minimum atomic E-state index is -0.210. The molecule has 0 unspecified atom stereocenters. The van der Waals surface area contributed by atoms with Gasteiger partial charge in [0, 0.05) is 19.6 Å². The third-order valence-electron chi connectivity index (χ3n) is 2.16. The molecule has 7 nitrogen and oxygen atoms in total. The zero-order chi connectivity index (χ0) is 14.1. The second-order valence-corrected chi connectivity index (χ2v) is 5.09. The number of likely N-dealkylation sites (N-methyl/N-ethyl adjacent to an activating group) is 1. The van der Waals surface area contributed by atoms with E-state index in [1.165, 1.54) is 11.3 Å². The molecule has 0 saturated heterocycles. The number of aromatic nitrogens is 2. The van der Waals surface area contributed by atoms with Gasteiger partial charge >= 0.3 is 0 Å². The predicted octanol–water partition coefficient (Wildman–Crippen LogP) is 0.278. The fourth-order valence-electron chi connectivity index (χ4n) is 1.20. The first kappa shape index (κ1) is 15.8. The molecule has 0 spiro atoms. The lowest BCUT2D eigenvalue weighted by molar-refractivity contribution is 0.0899. The minimum Gasteiger partial charge on any atom is -0.378 e. The second kappa shape index (κ2) is 8.78. The number of hydrogen-bond acceptors (Lipinski definition) is 7. The van der Waals surface area contributed by atoms with E-state index in [1.807, 2.05) is 25.9 Å². The number of hydrogen-bond donors (Lipinski definition) is 2. The summed E-state index contributed by atoms with van der Waals surface area (Å²) in [6, 6.07) is 0. The highest BCUT2D eigenvalue weighted by Crippen LogP contribution is 2.14. The summed E-state index contributed by atoms with van der Waals surface area (Å²) < 4.78 is 5.37. The van der Waals surface area contributed by atoms with Crippen LogP contribution in [0.4, 0.5) is 5.13 Å². The van der Waals surface area contributed by atoms with Crippen molar-refractivity contribution in [3.8, 4) is 0 Å². The zero-order valence-electron chi connectivity index (χ0n) is 11.6. The summed E-state index contributed by atoms with van der Waals surface area (Å²) in [5, 5.41) is 14.5. The fraction of sp³-hybridized carbons (Fsp3) is 0.727. The summed E-state index contributed by atoms with van der Waals surface area (Å²) in [7, 11) is 3.98. The van der Waals surface area contributed by atoms with Crippen LogP contribution >= 0.6 is 11.3 Å². The molecule has 0 aromatic carbocycles. The van der Waals surface area contributed by atoms with Crippen molar-refractivity contribution >= 4 is 22.4 Å². The molecule has 1 amide bonds. The summed E-state index contributed by atoms with van der Waals surface area (Å²) in [4.78, 5) is 13.8. The van der Waals surface area contributed by atoms with Crippen LogP contribution in [-0.2, 0) is 4.74 Å². The molecule has 8 heteroatoms. The first-order valence-corrected chi connectivity index (χ1v) is 7.03. The molecule has 0 aliphatic rings. The number of carbonyl (C=O) groups is 1. The van der Waals surface area contributed by atoms with E-state index in [9.17, 15) is 4.79 Å². The average molecular weight is 287 g/mol.